The lowest BCUT2D eigenvalue weighted by Gasteiger charge is -2.24. The summed E-state index contributed by atoms with van der Waals surface area (Å²) in [5.41, 5.74) is 4.89. The number of thiophene rings is 1. The van der Waals surface area contributed by atoms with Crippen molar-refractivity contribution >= 4 is 27.3 Å². The Bertz CT molecular complexity index is 347. The van der Waals surface area contributed by atoms with Crippen LogP contribution in [0, 0.1) is 0 Å². The lowest BCUT2D eigenvalue weighted by atomic mass is 10.1. The first-order valence-corrected chi connectivity index (χ1v) is 5.22. The van der Waals surface area contributed by atoms with Gasteiger partial charge in [-0.2, -0.15) is 22.0 Å². The molecule has 1 heterocycles. The average Bonchev–Trinajstić information content (AvgIpc) is 2.48. The van der Waals surface area contributed by atoms with E-state index in [0.29, 0.717) is 3.79 Å². The van der Waals surface area contributed by atoms with Crippen LogP contribution in [0.1, 0.15) is 10.9 Å². The van der Waals surface area contributed by atoms with Gasteiger partial charge < -0.3 is 5.73 Å². The van der Waals surface area contributed by atoms with E-state index in [9.17, 15) is 22.0 Å². The number of alkyl halides is 5. The van der Waals surface area contributed by atoms with Crippen molar-refractivity contribution in [3.05, 3.63) is 20.8 Å². The Morgan fingerprint density at radius 2 is 1.73 bits per heavy atom. The number of nitrogens with two attached hydrogens (primary N) is 1. The lowest BCUT2D eigenvalue weighted by molar-refractivity contribution is -0.290. The number of hydrogen-bond acceptors (Lipinski definition) is 2. The molecule has 1 rings (SSSR count). The van der Waals surface area contributed by atoms with Gasteiger partial charge in [0, 0.05) is 4.88 Å². The first kappa shape index (κ1) is 12.9. The van der Waals surface area contributed by atoms with E-state index in [0.717, 1.165) is 17.4 Å². The fourth-order valence-corrected chi connectivity index (χ4v) is 2.32. The van der Waals surface area contributed by atoms with Crippen LogP contribution in [0.3, 0.4) is 0 Å². The van der Waals surface area contributed by atoms with Crippen molar-refractivity contribution < 1.29 is 22.0 Å². The van der Waals surface area contributed by atoms with Crippen LogP contribution in [0.2, 0.25) is 0 Å². The summed E-state index contributed by atoms with van der Waals surface area (Å²) in [4.78, 5) is -0.218. The summed E-state index contributed by atoms with van der Waals surface area (Å²) in [6.45, 7) is 0. The van der Waals surface area contributed by atoms with Crippen LogP contribution >= 0.6 is 27.3 Å². The van der Waals surface area contributed by atoms with Crippen molar-refractivity contribution in [1.82, 2.24) is 0 Å². The van der Waals surface area contributed by atoms with Crippen LogP contribution in [0.4, 0.5) is 22.0 Å². The third-order valence-corrected chi connectivity index (χ3v) is 3.38. The Labute approximate surface area is 94.2 Å². The van der Waals surface area contributed by atoms with Gasteiger partial charge in [-0.05, 0) is 28.1 Å². The van der Waals surface area contributed by atoms with Gasteiger partial charge in [0.25, 0.3) is 0 Å². The fourth-order valence-electron chi connectivity index (χ4n) is 0.850. The second-order valence-corrected chi connectivity index (χ2v) is 5.23. The monoisotopic (exact) mass is 309 g/mol. The molecular formula is C7H5BrF5NS. The SMILES string of the molecule is NC(c1ccc(Br)s1)C(F)(F)C(F)(F)F. The highest BCUT2D eigenvalue weighted by Crippen LogP contribution is 2.45. The van der Waals surface area contributed by atoms with Crippen molar-refractivity contribution in [3.8, 4) is 0 Å². The van der Waals surface area contributed by atoms with Crippen molar-refractivity contribution in [2.75, 3.05) is 0 Å². The molecule has 8 heteroatoms. The maximum atomic E-state index is 12.8. The molecule has 2 N–H and O–H groups in total. The van der Waals surface area contributed by atoms with Gasteiger partial charge in [0.15, 0.2) is 0 Å². The van der Waals surface area contributed by atoms with E-state index < -0.39 is 18.1 Å². The smallest absolute Gasteiger partial charge is 0.318 e. The lowest BCUT2D eigenvalue weighted by Crippen LogP contribution is -2.45. The quantitative estimate of drug-likeness (QED) is 0.828. The minimum Gasteiger partial charge on any atom is -0.318 e. The highest BCUT2D eigenvalue weighted by molar-refractivity contribution is 9.11. The molecule has 1 unspecified atom stereocenters. The number of halogens is 6. The van der Waals surface area contributed by atoms with Gasteiger partial charge in [-0.15, -0.1) is 11.3 Å². The second-order valence-electron chi connectivity index (χ2n) is 2.74. The van der Waals surface area contributed by atoms with Gasteiger partial charge in [0.1, 0.15) is 6.04 Å². The number of rotatable bonds is 2. The number of hydrogen-bond donors (Lipinski definition) is 1. The zero-order valence-electron chi connectivity index (χ0n) is 6.99. The van der Waals surface area contributed by atoms with Crippen LogP contribution in [-0.4, -0.2) is 12.1 Å². The molecule has 0 saturated carbocycles. The van der Waals surface area contributed by atoms with E-state index in [1.165, 1.54) is 6.07 Å². The minimum atomic E-state index is -5.64. The highest BCUT2D eigenvalue weighted by Gasteiger charge is 2.62. The summed E-state index contributed by atoms with van der Waals surface area (Å²) in [6.07, 6.45) is -5.64. The molecule has 1 nitrogen and oxygen atoms in total. The third-order valence-electron chi connectivity index (χ3n) is 1.67. The van der Waals surface area contributed by atoms with Gasteiger partial charge in [-0.1, -0.05) is 0 Å². The van der Waals surface area contributed by atoms with E-state index in [1.807, 2.05) is 0 Å². The van der Waals surface area contributed by atoms with E-state index in [-0.39, 0.29) is 4.88 Å². The standard InChI is InChI=1S/C7H5BrF5NS/c8-4-2-1-3(15-4)5(14)6(9,10)7(11,12)13/h1-2,5H,14H2. The molecule has 86 valence electrons. The average molecular weight is 310 g/mol. The fraction of sp³-hybridized carbons (Fsp3) is 0.429. The van der Waals surface area contributed by atoms with Crippen molar-refractivity contribution in [2.45, 2.75) is 18.1 Å². The Kier molecular flexibility index (Phi) is 3.42. The Morgan fingerprint density at radius 1 is 1.20 bits per heavy atom. The molecule has 0 aliphatic carbocycles. The largest absolute Gasteiger partial charge is 0.455 e. The Balaban J connectivity index is 2.99. The van der Waals surface area contributed by atoms with Crippen LogP contribution in [-0.2, 0) is 0 Å². The summed E-state index contributed by atoms with van der Waals surface area (Å²) in [7, 11) is 0. The minimum absolute atomic E-state index is 0.218. The molecule has 0 fully saturated rings. The van der Waals surface area contributed by atoms with Crippen molar-refractivity contribution in [1.29, 1.82) is 0 Å². The van der Waals surface area contributed by atoms with Crippen LogP contribution in [0.25, 0.3) is 0 Å². The van der Waals surface area contributed by atoms with Crippen molar-refractivity contribution in [2.24, 2.45) is 5.73 Å². The molecule has 0 saturated heterocycles. The predicted molar refractivity (Wildman–Crippen MR) is 49.9 cm³/mol. The van der Waals surface area contributed by atoms with Crippen LogP contribution in [0.15, 0.2) is 15.9 Å². The highest BCUT2D eigenvalue weighted by atomic mass is 79.9. The van der Waals surface area contributed by atoms with Gasteiger partial charge in [0.05, 0.1) is 3.79 Å². The molecule has 0 bridgehead atoms. The maximum absolute atomic E-state index is 12.8. The molecule has 0 aromatic carbocycles. The molecule has 1 aromatic rings. The predicted octanol–water partition coefficient (Wildman–Crippen LogP) is 3.71. The third kappa shape index (κ3) is 2.48. The summed E-state index contributed by atoms with van der Waals surface area (Å²) in [6, 6.07) is 0.138. The molecule has 0 radical (unpaired) electrons. The van der Waals surface area contributed by atoms with Gasteiger partial charge in [0.2, 0.25) is 0 Å². The summed E-state index contributed by atoms with van der Waals surface area (Å²) < 4.78 is 61.8. The second kappa shape index (κ2) is 3.99. The Hall–Kier alpha value is -0.210. The Morgan fingerprint density at radius 3 is 2.07 bits per heavy atom. The van der Waals surface area contributed by atoms with E-state index in [4.69, 9.17) is 5.73 Å². The van der Waals surface area contributed by atoms with Crippen LogP contribution < -0.4 is 5.73 Å². The van der Waals surface area contributed by atoms with E-state index >= 15 is 0 Å². The summed E-state index contributed by atoms with van der Waals surface area (Å²) >= 11 is 3.70. The van der Waals surface area contributed by atoms with E-state index in [2.05, 4.69) is 15.9 Å². The first-order chi connectivity index (χ1) is 6.66. The molecular weight excluding hydrogens is 305 g/mol. The zero-order chi connectivity index (χ0) is 11.9. The normalized spacial score (nSPS) is 15.4. The van der Waals surface area contributed by atoms with Gasteiger partial charge >= 0.3 is 12.1 Å². The van der Waals surface area contributed by atoms with E-state index in [1.54, 1.807) is 0 Å². The maximum Gasteiger partial charge on any atom is 0.455 e. The molecule has 0 amide bonds. The topological polar surface area (TPSA) is 26.0 Å². The van der Waals surface area contributed by atoms with Gasteiger partial charge in [-0.25, -0.2) is 0 Å². The molecule has 0 spiro atoms. The molecule has 15 heavy (non-hydrogen) atoms. The zero-order valence-corrected chi connectivity index (χ0v) is 9.39. The van der Waals surface area contributed by atoms with Gasteiger partial charge in [-0.3, -0.25) is 0 Å². The van der Waals surface area contributed by atoms with Crippen LogP contribution in [0.5, 0.6) is 0 Å². The molecule has 0 aliphatic heterocycles. The summed E-state index contributed by atoms with van der Waals surface area (Å²) in [5.74, 6) is -4.92. The molecule has 1 atom stereocenters. The first-order valence-electron chi connectivity index (χ1n) is 3.61. The molecule has 0 aliphatic rings. The molecule has 1 aromatic heterocycles. The van der Waals surface area contributed by atoms with Crippen molar-refractivity contribution in [3.63, 3.8) is 0 Å². The summed E-state index contributed by atoms with van der Waals surface area (Å²) in [5, 5.41) is 0.